The highest BCUT2D eigenvalue weighted by atomic mass is 32.2. The van der Waals surface area contributed by atoms with E-state index in [2.05, 4.69) is 11.2 Å². The maximum absolute atomic E-state index is 12.7. The van der Waals surface area contributed by atoms with E-state index >= 15 is 0 Å². The monoisotopic (exact) mass is 303 g/mol. The summed E-state index contributed by atoms with van der Waals surface area (Å²) in [7, 11) is 0. The minimum absolute atomic E-state index is 0.147. The molecule has 1 amide bonds. The Balaban J connectivity index is 1.79. The summed E-state index contributed by atoms with van der Waals surface area (Å²) in [5.41, 5.74) is 2.62. The second kappa shape index (κ2) is 6.10. The summed E-state index contributed by atoms with van der Waals surface area (Å²) in [6, 6.07) is 3.81. The van der Waals surface area contributed by atoms with Crippen LogP contribution >= 0.6 is 11.8 Å². The molecule has 3 rings (SSSR count). The van der Waals surface area contributed by atoms with Gasteiger partial charge in [-0.2, -0.15) is 11.8 Å². The van der Waals surface area contributed by atoms with Crippen LogP contribution in [0.5, 0.6) is 0 Å². The number of rotatable bonds is 3. The third-order valence-corrected chi connectivity index (χ3v) is 4.83. The zero-order chi connectivity index (χ0) is 14.8. The summed E-state index contributed by atoms with van der Waals surface area (Å²) in [5, 5.41) is 0. The Kier molecular flexibility index (Phi) is 4.19. The highest BCUT2D eigenvalue weighted by Gasteiger charge is 2.24. The lowest BCUT2D eigenvalue weighted by atomic mass is 9.99. The smallest absolute Gasteiger partial charge is 0.255 e. The average molecular weight is 303 g/mol. The van der Waals surface area contributed by atoms with E-state index in [9.17, 15) is 4.79 Å². The van der Waals surface area contributed by atoms with E-state index in [0.29, 0.717) is 5.92 Å². The number of piperidine rings is 1. The van der Waals surface area contributed by atoms with Gasteiger partial charge in [0.25, 0.3) is 5.91 Å². The van der Waals surface area contributed by atoms with Crippen molar-refractivity contribution in [2.75, 3.05) is 25.1 Å². The number of hydrogen-bond donors (Lipinski definition) is 0. The maximum atomic E-state index is 12.7. The number of amides is 1. The van der Waals surface area contributed by atoms with E-state index < -0.39 is 0 Å². The third kappa shape index (κ3) is 3.07. The molecule has 1 fully saturated rings. The van der Waals surface area contributed by atoms with E-state index in [-0.39, 0.29) is 5.91 Å². The van der Waals surface area contributed by atoms with Gasteiger partial charge in [0.05, 0.1) is 11.3 Å². The Bertz CT molecular complexity index is 650. The molecule has 112 valence electrons. The standard InChI is InChI=1S/C16H21N3OS/c1-12-8-19-10-14(5-6-15(19)17-12)16(20)18-7-3-4-13(9-18)11-21-2/h5-6,8,10,13H,3-4,7,9,11H2,1-2H3/t13-/m0/s1. The first-order chi connectivity index (χ1) is 10.2. The number of imidazole rings is 1. The molecule has 0 unspecified atom stereocenters. The fraction of sp³-hybridized carbons (Fsp3) is 0.500. The molecule has 1 aliphatic rings. The molecule has 0 spiro atoms. The molecule has 2 aromatic rings. The molecule has 0 radical (unpaired) electrons. The second-order valence-electron chi connectivity index (χ2n) is 5.78. The minimum Gasteiger partial charge on any atom is -0.338 e. The van der Waals surface area contributed by atoms with Crippen LogP contribution in [0.25, 0.3) is 5.65 Å². The summed E-state index contributed by atoms with van der Waals surface area (Å²) in [6.45, 7) is 3.73. The Hall–Kier alpha value is -1.49. The van der Waals surface area contributed by atoms with Gasteiger partial charge in [0.15, 0.2) is 0 Å². The average Bonchev–Trinajstić information content (AvgIpc) is 2.86. The number of likely N-dealkylation sites (tertiary alicyclic amines) is 1. The largest absolute Gasteiger partial charge is 0.338 e. The molecule has 0 bridgehead atoms. The number of aryl methyl sites for hydroxylation is 1. The van der Waals surface area contributed by atoms with Gasteiger partial charge in [0.2, 0.25) is 0 Å². The predicted octanol–water partition coefficient (Wildman–Crippen LogP) is 2.86. The quantitative estimate of drug-likeness (QED) is 0.875. The molecule has 1 atom stereocenters. The summed E-state index contributed by atoms with van der Waals surface area (Å²) in [6.07, 6.45) is 8.35. The first kappa shape index (κ1) is 14.4. The first-order valence-corrected chi connectivity index (χ1v) is 8.80. The van der Waals surface area contributed by atoms with Crippen molar-refractivity contribution in [1.82, 2.24) is 14.3 Å². The van der Waals surface area contributed by atoms with Crippen LogP contribution in [0, 0.1) is 12.8 Å². The van der Waals surface area contributed by atoms with E-state index in [0.717, 1.165) is 42.2 Å². The number of fused-ring (bicyclic) bond motifs is 1. The number of hydrogen-bond acceptors (Lipinski definition) is 3. The molecule has 1 saturated heterocycles. The second-order valence-corrected chi connectivity index (χ2v) is 6.69. The zero-order valence-electron chi connectivity index (χ0n) is 12.6. The van der Waals surface area contributed by atoms with Crippen LogP contribution in [0.2, 0.25) is 0 Å². The van der Waals surface area contributed by atoms with Gasteiger partial charge < -0.3 is 9.30 Å². The number of carbonyl (C=O) groups is 1. The van der Waals surface area contributed by atoms with Gasteiger partial charge in [-0.25, -0.2) is 4.98 Å². The molecule has 5 heteroatoms. The van der Waals surface area contributed by atoms with Crippen molar-refractivity contribution in [3.05, 3.63) is 35.8 Å². The normalized spacial score (nSPS) is 19.1. The Morgan fingerprint density at radius 3 is 3.10 bits per heavy atom. The van der Waals surface area contributed by atoms with Crippen molar-refractivity contribution >= 4 is 23.3 Å². The van der Waals surface area contributed by atoms with Gasteiger partial charge in [0.1, 0.15) is 5.65 Å². The topological polar surface area (TPSA) is 37.6 Å². The van der Waals surface area contributed by atoms with Crippen LogP contribution in [0.15, 0.2) is 24.5 Å². The molecule has 0 N–H and O–H groups in total. The minimum atomic E-state index is 0.147. The van der Waals surface area contributed by atoms with Crippen molar-refractivity contribution in [2.45, 2.75) is 19.8 Å². The Labute approximate surface area is 129 Å². The summed E-state index contributed by atoms with van der Waals surface area (Å²) in [5.74, 6) is 1.93. The Morgan fingerprint density at radius 1 is 1.43 bits per heavy atom. The van der Waals surface area contributed by atoms with Crippen molar-refractivity contribution in [3.63, 3.8) is 0 Å². The first-order valence-electron chi connectivity index (χ1n) is 7.41. The van der Waals surface area contributed by atoms with Crippen molar-refractivity contribution < 1.29 is 4.79 Å². The maximum Gasteiger partial charge on any atom is 0.255 e. The van der Waals surface area contributed by atoms with Gasteiger partial charge in [-0.05, 0) is 49.8 Å². The highest BCUT2D eigenvalue weighted by Crippen LogP contribution is 2.21. The fourth-order valence-corrected chi connectivity index (χ4v) is 3.79. The highest BCUT2D eigenvalue weighted by molar-refractivity contribution is 7.98. The molecule has 0 aliphatic carbocycles. The molecule has 2 aromatic heterocycles. The van der Waals surface area contributed by atoms with Gasteiger partial charge >= 0.3 is 0 Å². The summed E-state index contributed by atoms with van der Waals surface area (Å²) in [4.78, 5) is 19.1. The van der Waals surface area contributed by atoms with Gasteiger partial charge in [0, 0.05) is 25.5 Å². The molecule has 1 aliphatic heterocycles. The van der Waals surface area contributed by atoms with Crippen LogP contribution in [0.3, 0.4) is 0 Å². The number of nitrogens with zero attached hydrogens (tertiary/aromatic N) is 3. The third-order valence-electron chi connectivity index (χ3n) is 4.03. The SMILES string of the molecule is CSC[C@H]1CCCN(C(=O)c2ccc3nc(C)cn3c2)C1. The van der Waals surface area contributed by atoms with Crippen LogP contribution in [-0.4, -0.2) is 45.3 Å². The zero-order valence-corrected chi connectivity index (χ0v) is 13.4. The lowest BCUT2D eigenvalue weighted by molar-refractivity contribution is 0.0685. The molecule has 3 heterocycles. The number of carbonyl (C=O) groups excluding carboxylic acids is 1. The lowest BCUT2D eigenvalue weighted by Gasteiger charge is -2.32. The summed E-state index contributed by atoms with van der Waals surface area (Å²) < 4.78 is 1.94. The lowest BCUT2D eigenvalue weighted by Crippen LogP contribution is -2.40. The van der Waals surface area contributed by atoms with E-state index in [4.69, 9.17) is 0 Å². The Morgan fingerprint density at radius 2 is 2.29 bits per heavy atom. The summed E-state index contributed by atoms with van der Waals surface area (Å²) >= 11 is 1.87. The van der Waals surface area contributed by atoms with Gasteiger partial charge in [-0.15, -0.1) is 0 Å². The van der Waals surface area contributed by atoms with Crippen LogP contribution in [0.4, 0.5) is 0 Å². The molecule has 4 nitrogen and oxygen atoms in total. The molecule has 0 aromatic carbocycles. The molecule has 0 saturated carbocycles. The van der Waals surface area contributed by atoms with Crippen LogP contribution in [0.1, 0.15) is 28.9 Å². The molecule has 21 heavy (non-hydrogen) atoms. The van der Waals surface area contributed by atoms with E-state index in [1.165, 1.54) is 6.42 Å². The van der Waals surface area contributed by atoms with Crippen molar-refractivity contribution in [3.8, 4) is 0 Å². The van der Waals surface area contributed by atoms with Crippen molar-refractivity contribution in [2.24, 2.45) is 5.92 Å². The molecular formula is C16H21N3OS. The van der Waals surface area contributed by atoms with Gasteiger partial charge in [-0.3, -0.25) is 4.79 Å². The van der Waals surface area contributed by atoms with Gasteiger partial charge in [-0.1, -0.05) is 0 Å². The predicted molar refractivity (Wildman–Crippen MR) is 86.9 cm³/mol. The number of pyridine rings is 1. The number of aromatic nitrogens is 2. The van der Waals surface area contributed by atoms with E-state index in [1.54, 1.807) is 0 Å². The van der Waals surface area contributed by atoms with E-state index in [1.807, 2.05) is 52.5 Å². The fourth-order valence-electron chi connectivity index (χ4n) is 3.05. The van der Waals surface area contributed by atoms with Crippen LogP contribution < -0.4 is 0 Å². The van der Waals surface area contributed by atoms with Crippen LogP contribution in [-0.2, 0) is 0 Å². The molecular weight excluding hydrogens is 282 g/mol. The van der Waals surface area contributed by atoms with Crippen molar-refractivity contribution in [1.29, 1.82) is 0 Å². The number of thioether (sulfide) groups is 1.